The zero-order valence-corrected chi connectivity index (χ0v) is 9.29. The van der Waals surface area contributed by atoms with Gasteiger partial charge in [-0.15, -0.1) is 0 Å². The Morgan fingerprint density at radius 2 is 2.23 bits per heavy atom. The van der Waals surface area contributed by atoms with Gasteiger partial charge < -0.3 is 0 Å². The molecule has 3 nitrogen and oxygen atoms in total. The molecule has 1 heterocycles. The zero-order valence-electron chi connectivity index (χ0n) is 7.65. The molecule has 0 aromatic carbocycles. The smallest absolute Gasteiger partial charge is 0.147 e. The molecule has 1 aliphatic rings. The molecule has 0 aliphatic carbocycles. The fraction of sp³-hybridized carbons (Fsp3) is 0.875. The van der Waals surface area contributed by atoms with E-state index >= 15 is 0 Å². The third-order valence-electron chi connectivity index (χ3n) is 2.09. The summed E-state index contributed by atoms with van der Waals surface area (Å²) in [5.74, 6) is 2.11. The Balaban J connectivity index is 2.23. The summed E-state index contributed by atoms with van der Waals surface area (Å²) in [5.41, 5.74) is 0. The van der Waals surface area contributed by atoms with Gasteiger partial charge in [-0.1, -0.05) is 0 Å². The first kappa shape index (κ1) is 11.0. The van der Waals surface area contributed by atoms with Crippen LogP contribution >= 0.6 is 11.8 Å². The normalized spacial score (nSPS) is 23.8. The van der Waals surface area contributed by atoms with Crippen molar-refractivity contribution in [3.63, 3.8) is 0 Å². The molecule has 1 saturated heterocycles. The van der Waals surface area contributed by atoms with Gasteiger partial charge in [0.2, 0.25) is 0 Å². The number of ketones is 1. The Labute approximate surface area is 83.2 Å². The van der Waals surface area contributed by atoms with Gasteiger partial charge in [-0.3, -0.25) is 4.79 Å². The van der Waals surface area contributed by atoms with Crippen molar-refractivity contribution in [2.45, 2.75) is 12.8 Å². The van der Waals surface area contributed by atoms with Crippen LogP contribution < -0.4 is 0 Å². The molecular formula is C8H14O3S2. The van der Waals surface area contributed by atoms with Gasteiger partial charge in [-0.05, 0) is 12.8 Å². The fourth-order valence-electron chi connectivity index (χ4n) is 1.35. The van der Waals surface area contributed by atoms with Crippen LogP contribution in [0.4, 0.5) is 0 Å². The first-order chi connectivity index (χ1) is 5.99. The minimum atomic E-state index is -2.85. The van der Waals surface area contributed by atoms with Crippen molar-refractivity contribution < 1.29 is 13.2 Å². The molecule has 0 aromatic heterocycles. The van der Waals surface area contributed by atoms with Crippen LogP contribution in [0.5, 0.6) is 0 Å². The monoisotopic (exact) mass is 222 g/mol. The second-order valence-corrected chi connectivity index (χ2v) is 6.74. The van der Waals surface area contributed by atoms with Crippen molar-refractivity contribution >= 4 is 27.4 Å². The Morgan fingerprint density at radius 3 is 2.69 bits per heavy atom. The van der Waals surface area contributed by atoms with Gasteiger partial charge in [-0.25, -0.2) is 8.42 Å². The van der Waals surface area contributed by atoms with E-state index in [2.05, 4.69) is 0 Å². The maximum absolute atomic E-state index is 11.2. The average molecular weight is 222 g/mol. The lowest BCUT2D eigenvalue weighted by molar-refractivity contribution is -0.119. The summed E-state index contributed by atoms with van der Waals surface area (Å²) < 4.78 is 21.6. The highest BCUT2D eigenvalue weighted by atomic mass is 32.2. The molecular weight excluding hydrogens is 208 g/mol. The van der Waals surface area contributed by atoms with Crippen molar-refractivity contribution in [3.8, 4) is 0 Å². The number of hydrogen-bond donors (Lipinski definition) is 0. The van der Waals surface area contributed by atoms with E-state index in [4.69, 9.17) is 0 Å². The van der Waals surface area contributed by atoms with Crippen molar-refractivity contribution in [2.75, 3.05) is 23.5 Å². The maximum atomic E-state index is 11.2. The van der Waals surface area contributed by atoms with E-state index in [9.17, 15) is 13.2 Å². The molecule has 1 atom stereocenters. The van der Waals surface area contributed by atoms with Crippen molar-refractivity contribution in [3.05, 3.63) is 0 Å². The van der Waals surface area contributed by atoms with Gasteiger partial charge in [-0.2, -0.15) is 11.8 Å². The fourth-order valence-corrected chi connectivity index (χ4v) is 3.23. The molecule has 0 radical (unpaired) electrons. The standard InChI is InChI=1S/C8H14O3S2/c1-13(10,11)4-2-3-7-5-12-6-8(7)9/h7H,2-6H2,1H3. The highest BCUT2D eigenvalue weighted by molar-refractivity contribution is 8.00. The van der Waals surface area contributed by atoms with Crippen LogP contribution in [0.1, 0.15) is 12.8 Å². The summed E-state index contributed by atoms with van der Waals surface area (Å²) in [7, 11) is -2.85. The highest BCUT2D eigenvalue weighted by Gasteiger charge is 2.24. The molecule has 5 heteroatoms. The van der Waals surface area contributed by atoms with E-state index in [1.807, 2.05) is 0 Å². The third kappa shape index (κ3) is 4.13. The first-order valence-corrected chi connectivity index (χ1v) is 7.49. The minimum absolute atomic E-state index is 0.117. The lowest BCUT2D eigenvalue weighted by Gasteiger charge is -2.04. The molecule has 0 bridgehead atoms. The van der Waals surface area contributed by atoms with Crippen LogP contribution in [0.15, 0.2) is 0 Å². The number of carbonyl (C=O) groups excluding carboxylic acids is 1. The highest BCUT2D eigenvalue weighted by Crippen LogP contribution is 2.24. The van der Waals surface area contributed by atoms with Gasteiger partial charge in [0, 0.05) is 23.7 Å². The van der Waals surface area contributed by atoms with Crippen molar-refractivity contribution in [2.24, 2.45) is 5.92 Å². The van der Waals surface area contributed by atoms with Crippen LogP contribution in [-0.2, 0) is 14.6 Å². The van der Waals surface area contributed by atoms with Crippen LogP contribution in [0, 0.1) is 5.92 Å². The minimum Gasteiger partial charge on any atom is -0.298 e. The SMILES string of the molecule is CS(=O)(=O)CCCC1CSCC1=O. The Bertz CT molecular complexity index is 282. The number of thioether (sulfide) groups is 1. The number of hydrogen-bond acceptors (Lipinski definition) is 4. The van der Waals surface area contributed by atoms with Gasteiger partial charge in [0.05, 0.1) is 5.75 Å². The van der Waals surface area contributed by atoms with Gasteiger partial charge in [0.25, 0.3) is 0 Å². The Morgan fingerprint density at radius 1 is 1.54 bits per heavy atom. The largest absolute Gasteiger partial charge is 0.298 e. The molecule has 0 saturated carbocycles. The van der Waals surface area contributed by atoms with E-state index in [0.717, 1.165) is 12.2 Å². The van der Waals surface area contributed by atoms with E-state index in [1.165, 1.54) is 6.26 Å². The first-order valence-electron chi connectivity index (χ1n) is 4.27. The van der Waals surface area contributed by atoms with Crippen LogP contribution in [0.3, 0.4) is 0 Å². The number of Topliss-reactive ketones (excluding diaryl/α,β-unsaturated/α-hetero) is 1. The molecule has 0 N–H and O–H groups in total. The van der Waals surface area contributed by atoms with Crippen molar-refractivity contribution in [1.29, 1.82) is 0 Å². The molecule has 13 heavy (non-hydrogen) atoms. The third-order valence-corrected chi connectivity index (χ3v) is 4.24. The summed E-state index contributed by atoms with van der Waals surface area (Å²) in [6.07, 6.45) is 2.59. The zero-order chi connectivity index (χ0) is 9.90. The molecule has 0 spiro atoms. The summed E-state index contributed by atoms with van der Waals surface area (Å²) in [4.78, 5) is 11.2. The Hall–Kier alpha value is -0.0300. The van der Waals surface area contributed by atoms with Crippen LogP contribution in [0.25, 0.3) is 0 Å². The van der Waals surface area contributed by atoms with Gasteiger partial charge in [0.1, 0.15) is 15.6 Å². The summed E-state index contributed by atoms with van der Waals surface area (Å²) in [6, 6.07) is 0. The Kier molecular flexibility index (Phi) is 3.79. The molecule has 1 aliphatic heterocycles. The van der Waals surface area contributed by atoms with Gasteiger partial charge >= 0.3 is 0 Å². The van der Waals surface area contributed by atoms with Crippen LogP contribution in [-0.4, -0.2) is 37.7 Å². The lowest BCUT2D eigenvalue weighted by atomic mass is 10.0. The molecule has 0 aromatic rings. The topological polar surface area (TPSA) is 51.2 Å². The van der Waals surface area contributed by atoms with Crippen LogP contribution in [0.2, 0.25) is 0 Å². The number of carbonyl (C=O) groups is 1. The quantitative estimate of drug-likeness (QED) is 0.704. The molecule has 0 amide bonds. The van der Waals surface area contributed by atoms with Gasteiger partial charge in [0.15, 0.2) is 0 Å². The average Bonchev–Trinajstić information content (AvgIpc) is 2.34. The summed E-state index contributed by atoms with van der Waals surface area (Å²) in [5, 5.41) is 0. The molecule has 1 rings (SSSR count). The predicted octanol–water partition coefficient (Wildman–Crippen LogP) is 0.743. The maximum Gasteiger partial charge on any atom is 0.147 e. The number of rotatable bonds is 4. The summed E-state index contributed by atoms with van der Waals surface area (Å²) in [6.45, 7) is 0. The molecule has 1 fully saturated rings. The van der Waals surface area contributed by atoms with E-state index in [-0.39, 0.29) is 11.7 Å². The second kappa shape index (κ2) is 4.46. The predicted molar refractivity (Wildman–Crippen MR) is 54.8 cm³/mol. The summed E-state index contributed by atoms with van der Waals surface area (Å²) >= 11 is 1.65. The van der Waals surface area contributed by atoms with E-state index < -0.39 is 9.84 Å². The second-order valence-electron chi connectivity index (χ2n) is 3.45. The van der Waals surface area contributed by atoms with E-state index in [1.54, 1.807) is 11.8 Å². The van der Waals surface area contributed by atoms with E-state index in [0.29, 0.717) is 18.0 Å². The lowest BCUT2D eigenvalue weighted by Crippen LogP contribution is -2.13. The molecule has 1 unspecified atom stereocenters. The molecule has 76 valence electrons. The number of sulfone groups is 1. The van der Waals surface area contributed by atoms with Crippen molar-refractivity contribution in [1.82, 2.24) is 0 Å².